The maximum Gasteiger partial charge on any atom is 0.206 e. The van der Waals surface area contributed by atoms with Crippen molar-refractivity contribution in [3.05, 3.63) is 48.0 Å². The zero-order valence-electron chi connectivity index (χ0n) is 20.7. The molecule has 1 saturated heterocycles. The Morgan fingerprint density at radius 2 is 1.89 bits per heavy atom. The average molecular weight is 501 g/mol. The number of para-hydroxylation sites is 2. The van der Waals surface area contributed by atoms with E-state index in [-0.39, 0.29) is 5.75 Å². The zero-order valence-corrected chi connectivity index (χ0v) is 20.7. The second-order valence-electron chi connectivity index (χ2n) is 8.91. The fourth-order valence-electron chi connectivity index (χ4n) is 4.50. The molecule has 0 spiro atoms. The summed E-state index contributed by atoms with van der Waals surface area (Å²) in [6, 6.07) is 12.6. The van der Waals surface area contributed by atoms with E-state index in [1.54, 1.807) is 22.8 Å². The quantitative estimate of drug-likeness (QED) is 0.237. The van der Waals surface area contributed by atoms with E-state index in [1.165, 1.54) is 0 Å². The molecule has 0 aliphatic carbocycles. The first kappa shape index (κ1) is 26.2. The monoisotopic (exact) mass is 500 g/mol. The van der Waals surface area contributed by atoms with E-state index in [0.29, 0.717) is 30.4 Å². The lowest BCUT2D eigenvalue weighted by atomic mass is 10.1. The lowest BCUT2D eigenvalue weighted by Gasteiger charge is -2.20. The van der Waals surface area contributed by atoms with E-state index < -0.39 is 31.1 Å². The SMILES string of the molecule is CCN(CC)CCCOc1cc(CNc2nc3ccccc3n2[C@@H]2O[C@H](CO)[C@@H](O)[C@H]2O)ccc1O. The minimum absolute atomic E-state index is 0.0836. The second kappa shape index (κ2) is 11.9. The first-order chi connectivity index (χ1) is 17.5. The number of fused-ring (bicyclic) bond motifs is 1. The summed E-state index contributed by atoms with van der Waals surface area (Å²) in [6.45, 7) is 7.66. The summed E-state index contributed by atoms with van der Waals surface area (Å²) in [5.74, 6) is 0.951. The van der Waals surface area contributed by atoms with Crippen LogP contribution in [0.25, 0.3) is 11.0 Å². The predicted octanol–water partition coefficient (Wildman–Crippen LogP) is 2.08. The third kappa shape index (κ3) is 5.58. The van der Waals surface area contributed by atoms with E-state index in [9.17, 15) is 20.4 Å². The number of imidazole rings is 1. The summed E-state index contributed by atoms with van der Waals surface area (Å²) in [7, 11) is 0. The van der Waals surface area contributed by atoms with Gasteiger partial charge in [0.1, 0.15) is 18.3 Å². The minimum atomic E-state index is -1.23. The number of hydrogen-bond acceptors (Lipinski definition) is 9. The number of phenols is 1. The number of hydrogen-bond donors (Lipinski definition) is 5. The van der Waals surface area contributed by atoms with Gasteiger partial charge in [-0.05, 0) is 49.3 Å². The molecule has 0 radical (unpaired) electrons. The van der Waals surface area contributed by atoms with Crippen LogP contribution in [-0.4, -0.2) is 86.0 Å². The molecule has 0 saturated carbocycles. The van der Waals surface area contributed by atoms with Gasteiger partial charge in [0.2, 0.25) is 5.95 Å². The third-order valence-corrected chi connectivity index (χ3v) is 6.61. The maximum absolute atomic E-state index is 10.6. The van der Waals surface area contributed by atoms with Crippen molar-refractivity contribution in [3.8, 4) is 11.5 Å². The van der Waals surface area contributed by atoms with E-state index >= 15 is 0 Å². The molecule has 10 heteroatoms. The summed E-state index contributed by atoms with van der Waals surface area (Å²) in [4.78, 5) is 6.97. The maximum atomic E-state index is 10.6. The Hall–Kier alpha value is -2.89. The molecule has 4 rings (SSSR count). The van der Waals surface area contributed by atoms with Crippen LogP contribution in [0.3, 0.4) is 0 Å². The lowest BCUT2D eigenvalue weighted by Crippen LogP contribution is -2.33. The van der Waals surface area contributed by atoms with Crippen LogP contribution in [-0.2, 0) is 11.3 Å². The summed E-state index contributed by atoms with van der Waals surface area (Å²) < 4.78 is 13.3. The number of benzene rings is 2. The fraction of sp³-hybridized carbons (Fsp3) is 0.500. The predicted molar refractivity (Wildman–Crippen MR) is 136 cm³/mol. The van der Waals surface area contributed by atoms with Crippen molar-refractivity contribution >= 4 is 17.0 Å². The first-order valence-corrected chi connectivity index (χ1v) is 12.5. The molecule has 2 aromatic carbocycles. The van der Waals surface area contributed by atoms with Gasteiger partial charge in [0.25, 0.3) is 0 Å². The Balaban J connectivity index is 1.48. The normalized spacial score (nSPS) is 21.9. The van der Waals surface area contributed by atoms with Gasteiger partial charge in [-0.25, -0.2) is 4.98 Å². The number of phenolic OH excluding ortho intramolecular Hbond substituents is 1. The number of aromatic hydroxyl groups is 1. The molecular weight excluding hydrogens is 464 g/mol. The van der Waals surface area contributed by atoms with Crippen molar-refractivity contribution in [2.24, 2.45) is 0 Å². The summed E-state index contributed by atoms with van der Waals surface area (Å²) >= 11 is 0. The third-order valence-electron chi connectivity index (χ3n) is 6.61. The average Bonchev–Trinajstić information content (AvgIpc) is 3.40. The number of ether oxygens (including phenoxy) is 2. The van der Waals surface area contributed by atoms with Gasteiger partial charge >= 0.3 is 0 Å². The van der Waals surface area contributed by atoms with Crippen molar-refractivity contribution in [2.45, 2.75) is 51.4 Å². The van der Waals surface area contributed by atoms with Crippen molar-refractivity contribution in [3.63, 3.8) is 0 Å². The Kier molecular flexibility index (Phi) is 8.65. The number of rotatable bonds is 12. The largest absolute Gasteiger partial charge is 0.504 e. The van der Waals surface area contributed by atoms with Gasteiger partial charge in [0.05, 0.1) is 24.2 Å². The molecule has 1 aliphatic heterocycles. The van der Waals surface area contributed by atoms with E-state index in [2.05, 4.69) is 29.0 Å². The highest BCUT2D eigenvalue weighted by Crippen LogP contribution is 2.35. The molecule has 4 atom stereocenters. The van der Waals surface area contributed by atoms with Gasteiger partial charge in [0, 0.05) is 13.1 Å². The molecule has 3 aromatic rings. The van der Waals surface area contributed by atoms with E-state index in [4.69, 9.17) is 9.47 Å². The molecule has 5 N–H and O–H groups in total. The molecule has 196 valence electrons. The van der Waals surface area contributed by atoms with Gasteiger partial charge in [0.15, 0.2) is 17.7 Å². The smallest absolute Gasteiger partial charge is 0.206 e. The minimum Gasteiger partial charge on any atom is -0.504 e. The number of anilines is 1. The molecule has 1 aliphatic rings. The van der Waals surface area contributed by atoms with Crippen molar-refractivity contribution < 1.29 is 29.9 Å². The van der Waals surface area contributed by atoms with Gasteiger partial charge in [-0.1, -0.05) is 32.0 Å². The van der Waals surface area contributed by atoms with Gasteiger partial charge in [-0.2, -0.15) is 0 Å². The van der Waals surface area contributed by atoms with Crippen LogP contribution in [0.1, 0.15) is 32.1 Å². The molecular formula is C26H36N4O6. The Morgan fingerprint density at radius 1 is 1.11 bits per heavy atom. The van der Waals surface area contributed by atoms with Crippen LogP contribution in [0.5, 0.6) is 11.5 Å². The van der Waals surface area contributed by atoms with Crippen LogP contribution >= 0.6 is 0 Å². The zero-order chi connectivity index (χ0) is 25.7. The van der Waals surface area contributed by atoms with E-state index in [1.807, 2.05) is 24.3 Å². The van der Waals surface area contributed by atoms with Crippen LogP contribution in [0.15, 0.2) is 42.5 Å². The highest BCUT2D eigenvalue weighted by Gasteiger charge is 2.44. The van der Waals surface area contributed by atoms with Gasteiger partial charge in [-0.15, -0.1) is 0 Å². The Bertz CT molecular complexity index is 1130. The number of nitrogens with one attached hydrogen (secondary N) is 1. The highest BCUT2D eigenvalue weighted by molar-refractivity contribution is 5.78. The number of aliphatic hydroxyl groups is 3. The van der Waals surface area contributed by atoms with Crippen molar-refractivity contribution in [2.75, 3.05) is 38.2 Å². The summed E-state index contributed by atoms with van der Waals surface area (Å²) in [6.07, 6.45) is -3.40. The topological polar surface area (TPSA) is 132 Å². The van der Waals surface area contributed by atoms with Crippen LogP contribution < -0.4 is 10.1 Å². The van der Waals surface area contributed by atoms with Gasteiger partial charge in [-0.3, -0.25) is 4.57 Å². The fourth-order valence-corrected chi connectivity index (χ4v) is 4.50. The van der Waals surface area contributed by atoms with Crippen molar-refractivity contribution in [1.29, 1.82) is 0 Å². The van der Waals surface area contributed by atoms with Gasteiger partial charge < -0.3 is 40.1 Å². The molecule has 0 bridgehead atoms. The first-order valence-electron chi connectivity index (χ1n) is 12.5. The highest BCUT2D eigenvalue weighted by atomic mass is 16.6. The lowest BCUT2D eigenvalue weighted by molar-refractivity contribution is -0.0499. The summed E-state index contributed by atoms with van der Waals surface area (Å²) in [5, 5.41) is 43.9. The van der Waals surface area contributed by atoms with Crippen molar-refractivity contribution in [1.82, 2.24) is 14.5 Å². The number of aromatic nitrogens is 2. The molecule has 36 heavy (non-hydrogen) atoms. The Morgan fingerprint density at radius 3 is 2.61 bits per heavy atom. The number of nitrogens with zero attached hydrogens (tertiary/aromatic N) is 3. The molecule has 0 amide bonds. The standard InChI is InChI=1S/C26H36N4O6/c1-3-29(4-2)12-7-13-35-21-14-17(10-11-20(21)32)15-27-26-28-18-8-5-6-9-19(18)30(26)25-24(34)23(33)22(16-31)36-25/h5-6,8-11,14,22-25,31-34H,3-4,7,12-13,15-16H2,1-2H3,(H,27,28)/t22-,23-,24-,25-/m1/s1. The Labute approximate surface area is 210 Å². The molecule has 1 aromatic heterocycles. The van der Waals surface area contributed by atoms with Crippen LogP contribution in [0.2, 0.25) is 0 Å². The van der Waals surface area contributed by atoms with Crippen LogP contribution in [0.4, 0.5) is 5.95 Å². The molecule has 10 nitrogen and oxygen atoms in total. The molecule has 0 unspecified atom stereocenters. The number of aliphatic hydroxyl groups excluding tert-OH is 3. The second-order valence-corrected chi connectivity index (χ2v) is 8.91. The molecule has 1 fully saturated rings. The van der Waals surface area contributed by atoms with E-state index in [0.717, 1.165) is 37.1 Å². The molecule has 2 heterocycles. The summed E-state index contributed by atoms with van der Waals surface area (Å²) in [5.41, 5.74) is 2.28. The van der Waals surface area contributed by atoms with Crippen LogP contribution in [0, 0.1) is 0 Å².